The summed E-state index contributed by atoms with van der Waals surface area (Å²) in [6.07, 6.45) is 0. The number of nitrogens with one attached hydrogen (secondary N) is 1. The van der Waals surface area contributed by atoms with Gasteiger partial charge < -0.3 is 10.4 Å². The van der Waals surface area contributed by atoms with Crippen molar-refractivity contribution in [2.45, 2.75) is 33.2 Å². The first-order chi connectivity index (χ1) is 12.8. The molecular weight excluding hydrogens is 411 g/mol. The number of aryl methyl sites for hydroxylation is 1. The summed E-state index contributed by atoms with van der Waals surface area (Å²) < 4.78 is 14.8. The molecule has 0 fully saturated rings. The van der Waals surface area contributed by atoms with Crippen LogP contribution in [0.4, 0.5) is 10.1 Å². The van der Waals surface area contributed by atoms with Gasteiger partial charge in [0.15, 0.2) is 0 Å². The van der Waals surface area contributed by atoms with Crippen molar-refractivity contribution in [3.63, 3.8) is 0 Å². The van der Waals surface area contributed by atoms with Gasteiger partial charge in [-0.25, -0.2) is 4.39 Å². The molecule has 4 nitrogen and oxygen atoms in total. The molecule has 1 amide bonds. The Morgan fingerprint density at radius 2 is 2.04 bits per heavy atom. The Kier molecular flexibility index (Phi) is 7.95. The van der Waals surface area contributed by atoms with Crippen LogP contribution < -0.4 is 5.32 Å². The lowest BCUT2D eigenvalue weighted by molar-refractivity contribution is -0.117. The summed E-state index contributed by atoms with van der Waals surface area (Å²) >= 11 is 3.34. The highest BCUT2D eigenvalue weighted by molar-refractivity contribution is 9.10. The minimum atomic E-state index is -0.331. The Morgan fingerprint density at radius 1 is 1.30 bits per heavy atom. The van der Waals surface area contributed by atoms with E-state index in [4.69, 9.17) is 0 Å². The normalized spacial score (nSPS) is 11.3. The number of hydrogen-bond acceptors (Lipinski definition) is 3. The van der Waals surface area contributed by atoms with E-state index in [0.29, 0.717) is 5.56 Å². The molecule has 0 heterocycles. The molecule has 0 aromatic heterocycles. The fraction of sp³-hybridized carbons (Fsp3) is 0.381. The molecule has 2 N–H and O–H groups in total. The molecule has 0 aliphatic rings. The van der Waals surface area contributed by atoms with E-state index in [1.165, 1.54) is 6.07 Å². The van der Waals surface area contributed by atoms with Gasteiger partial charge in [0.05, 0.1) is 13.2 Å². The molecule has 0 spiro atoms. The van der Waals surface area contributed by atoms with Crippen molar-refractivity contribution in [2.75, 3.05) is 25.0 Å². The van der Waals surface area contributed by atoms with Crippen molar-refractivity contribution in [3.05, 3.63) is 63.4 Å². The van der Waals surface area contributed by atoms with E-state index >= 15 is 0 Å². The SMILES string of the molecule is Cc1cccc(C(C)C)c1NC(=O)CN(CCO)Cc1cc(Br)ccc1F. The molecule has 0 saturated carbocycles. The largest absolute Gasteiger partial charge is 0.395 e. The molecule has 2 rings (SSSR count). The Hall–Kier alpha value is -1.76. The number of nitrogens with zero attached hydrogens (tertiary/aromatic N) is 1. The van der Waals surface area contributed by atoms with Gasteiger partial charge >= 0.3 is 0 Å². The lowest BCUT2D eigenvalue weighted by Crippen LogP contribution is -2.35. The number of anilines is 1. The number of carbonyl (C=O) groups excluding carboxylic acids is 1. The van der Waals surface area contributed by atoms with Gasteiger partial charge in [-0.1, -0.05) is 48.0 Å². The van der Waals surface area contributed by atoms with Crippen LogP contribution in [0.1, 0.15) is 36.5 Å². The molecule has 0 saturated heterocycles. The Morgan fingerprint density at radius 3 is 2.70 bits per heavy atom. The van der Waals surface area contributed by atoms with Gasteiger partial charge in [-0.15, -0.1) is 0 Å². The van der Waals surface area contributed by atoms with Crippen LogP contribution in [-0.4, -0.2) is 35.6 Å². The molecule has 0 aliphatic heterocycles. The minimum absolute atomic E-state index is 0.0678. The number of para-hydroxylation sites is 1. The molecule has 0 atom stereocenters. The molecule has 0 aliphatic carbocycles. The van der Waals surface area contributed by atoms with Crippen LogP contribution in [0.15, 0.2) is 40.9 Å². The summed E-state index contributed by atoms with van der Waals surface area (Å²) in [6.45, 7) is 6.61. The van der Waals surface area contributed by atoms with Crippen molar-refractivity contribution >= 4 is 27.5 Å². The molecule has 146 valence electrons. The van der Waals surface area contributed by atoms with Crippen LogP contribution in [0.2, 0.25) is 0 Å². The van der Waals surface area contributed by atoms with Gasteiger partial charge in [-0.05, 0) is 42.2 Å². The third-order valence-corrected chi connectivity index (χ3v) is 4.87. The molecule has 6 heteroatoms. The Labute approximate surface area is 168 Å². The second-order valence-electron chi connectivity index (χ2n) is 6.91. The summed E-state index contributed by atoms with van der Waals surface area (Å²) in [7, 11) is 0. The fourth-order valence-electron chi connectivity index (χ4n) is 2.99. The van der Waals surface area contributed by atoms with Gasteiger partial charge in [-0.2, -0.15) is 0 Å². The number of rotatable bonds is 8. The third-order valence-electron chi connectivity index (χ3n) is 4.38. The first kappa shape index (κ1) is 21.5. The van der Waals surface area contributed by atoms with Crippen LogP contribution in [-0.2, 0) is 11.3 Å². The summed E-state index contributed by atoms with van der Waals surface area (Å²) in [5, 5.41) is 12.3. The quantitative estimate of drug-likeness (QED) is 0.642. The average molecular weight is 437 g/mol. The standard InChI is InChI=1S/C21H26BrFN2O2/c1-14(2)18-6-4-5-15(3)21(18)24-20(27)13-25(9-10-26)12-16-11-17(22)7-8-19(16)23/h4-8,11,14,26H,9-10,12-13H2,1-3H3,(H,24,27). The second-order valence-corrected chi connectivity index (χ2v) is 7.83. The summed E-state index contributed by atoms with van der Waals surface area (Å²) in [5.41, 5.74) is 3.39. The maximum Gasteiger partial charge on any atom is 0.238 e. The topological polar surface area (TPSA) is 52.6 Å². The van der Waals surface area contributed by atoms with Crippen molar-refractivity contribution in [2.24, 2.45) is 0 Å². The van der Waals surface area contributed by atoms with Crippen molar-refractivity contribution < 1.29 is 14.3 Å². The van der Waals surface area contributed by atoms with Gasteiger partial charge in [-0.3, -0.25) is 9.69 Å². The number of benzene rings is 2. The fourth-order valence-corrected chi connectivity index (χ4v) is 3.39. The Balaban J connectivity index is 2.13. The van der Waals surface area contributed by atoms with E-state index in [1.54, 1.807) is 17.0 Å². The summed E-state index contributed by atoms with van der Waals surface area (Å²) in [4.78, 5) is 14.4. The van der Waals surface area contributed by atoms with Crippen molar-refractivity contribution in [3.8, 4) is 0 Å². The highest BCUT2D eigenvalue weighted by Crippen LogP contribution is 2.27. The molecule has 0 radical (unpaired) electrons. The van der Waals surface area contributed by atoms with Gasteiger partial charge in [0.1, 0.15) is 5.82 Å². The lowest BCUT2D eigenvalue weighted by Gasteiger charge is -2.22. The van der Waals surface area contributed by atoms with Gasteiger partial charge in [0, 0.05) is 28.8 Å². The van der Waals surface area contributed by atoms with E-state index in [0.717, 1.165) is 21.3 Å². The molecule has 2 aromatic carbocycles. The third kappa shape index (κ3) is 6.13. The van der Waals surface area contributed by atoms with Crippen LogP contribution >= 0.6 is 15.9 Å². The number of aliphatic hydroxyl groups excluding tert-OH is 1. The summed E-state index contributed by atoms with van der Waals surface area (Å²) in [6, 6.07) is 10.7. The van der Waals surface area contributed by atoms with E-state index < -0.39 is 0 Å². The zero-order valence-corrected chi connectivity index (χ0v) is 17.5. The Bertz CT molecular complexity index is 796. The van der Waals surface area contributed by atoms with Crippen molar-refractivity contribution in [1.82, 2.24) is 4.90 Å². The van der Waals surface area contributed by atoms with E-state index in [-0.39, 0.29) is 43.9 Å². The zero-order chi connectivity index (χ0) is 20.0. The van der Waals surface area contributed by atoms with E-state index in [9.17, 15) is 14.3 Å². The number of halogens is 2. The molecule has 2 aromatic rings. The molecule has 0 bridgehead atoms. The maximum absolute atomic E-state index is 14.0. The lowest BCUT2D eigenvalue weighted by atomic mass is 9.98. The number of amides is 1. The maximum atomic E-state index is 14.0. The predicted molar refractivity (Wildman–Crippen MR) is 110 cm³/mol. The van der Waals surface area contributed by atoms with Crippen molar-refractivity contribution in [1.29, 1.82) is 0 Å². The number of hydrogen-bond donors (Lipinski definition) is 2. The zero-order valence-electron chi connectivity index (χ0n) is 15.9. The number of aliphatic hydroxyl groups is 1. The first-order valence-electron chi connectivity index (χ1n) is 8.98. The predicted octanol–water partition coefficient (Wildman–Crippen LogP) is 4.45. The second kappa shape index (κ2) is 9.97. The van der Waals surface area contributed by atoms with Gasteiger partial charge in [0.2, 0.25) is 5.91 Å². The van der Waals surface area contributed by atoms with E-state index in [2.05, 4.69) is 35.1 Å². The van der Waals surface area contributed by atoms with E-state index in [1.807, 2.05) is 25.1 Å². The van der Waals surface area contributed by atoms with Crippen LogP contribution in [0.3, 0.4) is 0 Å². The highest BCUT2D eigenvalue weighted by Gasteiger charge is 2.16. The van der Waals surface area contributed by atoms with Crippen LogP contribution in [0, 0.1) is 12.7 Å². The average Bonchev–Trinajstić information content (AvgIpc) is 2.60. The molecule has 27 heavy (non-hydrogen) atoms. The van der Waals surface area contributed by atoms with Crippen LogP contribution in [0.5, 0.6) is 0 Å². The smallest absolute Gasteiger partial charge is 0.238 e. The molecular formula is C21H26BrFN2O2. The first-order valence-corrected chi connectivity index (χ1v) is 9.77. The monoisotopic (exact) mass is 436 g/mol. The summed E-state index contributed by atoms with van der Waals surface area (Å²) in [5.74, 6) is -0.234. The highest BCUT2D eigenvalue weighted by atomic mass is 79.9. The van der Waals surface area contributed by atoms with Gasteiger partial charge in [0.25, 0.3) is 0 Å². The number of carbonyl (C=O) groups is 1. The van der Waals surface area contributed by atoms with Crippen LogP contribution in [0.25, 0.3) is 0 Å². The molecule has 0 unspecified atom stereocenters. The minimum Gasteiger partial charge on any atom is -0.395 e.